The van der Waals surface area contributed by atoms with Gasteiger partial charge >= 0.3 is 0 Å². The van der Waals surface area contributed by atoms with Gasteiger partial charge in [0.2, 0.25) is 5.95 Å². The minimum atomic E-state index is -0.379. The lowest BCUT2D eigenvalue weighted by Gasteiger charge is -2.34. The summed E-state index contributed by atoms with van der Waals surface area (Å²) in [4.78, 5) is 13.2. The van der Waals surface area contributed by atoms with Gasteiger partial charge in [0.1, 0.15) is 5.82 Å². The van der Waals surface area contributed by atoms with E-state index in [-0.39, 0.29) is 5.82 Å². The van der Waals surface area contributed by atoms with Gasteiger partial charge in [0.05, 0.1) is 17.3 Å². The number of aromatic nitrogens is 2. The Kier molecular flexibility index (Phi) is 5.75. The van der Waals surface area contributed by atoms with Crippen LogP contribution in [0.4, 0.5) is 16.0 Å². The lowest BCUT2D eigenvalue weighted by Crippen LogP contribution is -2.47. The number of halogens is 1. The molecule has 7 heteroatoms. The maximum atomic E-state index is 13.8. The molecule has 0 spiro atoms. The first-order chi connectivity index (χ1) is 12.3. The highest BCUT2D eigenvalue weighted by molar-refractivity contribution is 5.48. The van der Waals surface area contributed by atoms with E-state index in [1.54, 1.807) is 24.5 Å². The first kappa shape index (κ1) is 17.1. The zero-order chi connectivity index (χ0) is 17.5. The molecule has 1 aromatic carbocycles. The van der Waals surface area contributed by atoms with E-state index in [1.165, 1.54) is 6.07 Å². The first-order valence-electron chi connectivity index (χ1n) is 8.44. The molecule has 0 saturated carbocycles. The fourth-order valence-electron chi connectivity index (χ4n) is 2.88. The predicted octanol–water partition coefficient (Wildman–Crippen LogP) is 2.11. The number of piperazine rings is 1. The number of hydrogen-bond donors (Lipinski definition) is 1. The van der Waals surface area contributed by atoms with Crippen molar-refractivity contribution in [2.24, 2.45) is 0 Å². The van der Waals surface area contributed by atoms with Gasteiger partial charge in [0.15, 0.2) is 0 Å². The Labute approximate surface area is 146 Å². The Bertz CT molecular complexity index is 722. The van der Waals surface area contributed by atoms with Crippen molar-refractivity contribution in [3.63, 3.8) is 0 Å². The highest BCUT2D eigenvalue weighted by atomic mass is 19.1. The van der Waals surface area contributed by atoms with Gasteiger partial charge in [-0.1, -0.05) is 0 Å². The molecule has 130 valence electrons. The van der Waals surface area contributed by atoms with Gasteiger partial charge in [-0.2, -0.15) is 5.26 Å². The normalized spacial score (nSPS) is 15.0. The second-order valence-electron chi connectivity index (χ2n) is 5.96. The molecule has 6 nitrogen and oxygen atoms in total. The van der Waals surface area contributed by atoms with Crippen molar-refractivity contribution >= 4 is 11.6 Å². The molecule has 25 heavy (non-hydrogen) atoms. The summed E-state index contributed by atoms with van der Waals surface area (Å²) in [5, 5.41) is 11.8. The molecule has 0 amide bonds. The van der Waals surface area contributed by atoms with E-state index in [0.717, 1.165) is 45.1 Å². The minimum Gasteiger partial charge on any atom is -0.383 e. The maximum Gasteiger partial charge on any atom is 0.225 e. The summed E-state index contributed by atoms with van der Waals surface area (Å²) in [5.41, 5.74) is 0.786. The van der Waals surface area contributed by atoms with Crippen LogP contribution in [0.5, 0.6) is 0 Å². The lowest BCUT2D eigenvalue weighted by atomic mass is 10.2. The van der Waals surface area contributed by atoms with Gasteiger partial charge in [0.25, 0.3) is 0 Å². The third-order valence-electron chi connectivity index (χ3n) is 4.27. The molecule has 1 N–H and O–H groups in total. The molecule has 1 aromatic heterocycles. The smallest absolute Gasteiger partial charge is 0.225 e. The molecular weight excluding hydrogens is 319 g/mol. The fraction of sp³-hybridized carbons (Fsp3) is 0.389. The Morgan fingerprint density at radius 2 is 1.92 bits per heavy atom. The lowest BCUT2D eigenvalue weighted by molar-refractivity contribution is 0.256. The van der Waals surface area contributed by atoms with Crippen LogP contribution in [0.15, 0.2) is 36.7 Å². The van der Waals surface area contributed by atoms with Crippen LogP contribution in [0.25, 0.3) is 0 Å². The van der Waals surface area contributed by atoms with Crippen LogP contribution >= 0.6 is 0 Å². The van der Waals surface area contributed by atoms with Gasteiger partial charge in [-0.3, -0.25) is 4.90 Å². The molecule has 0 aliphatic carbocycles. The van der Waals surface area contributed by atoms with Crippen molar-refractivity contribution in [3.8, 4) is 6.07 Å². The second kappa shape index (κ2) is 8.40. The molecule has 1 saturated heterocycles. The Morgan fingerprint density at radius 1 is 1.16 bits per heavy atom. The van der Waals surface area contributed by atoms with Gasteiger partial charge in [-0.05, 0) is 37.2 Å². The number of benzene rings is 1. The maximum absolute atomic E-state index is 13.8. The number of anilines is 2. The van der Waals surface area contributed by atoms with Gasteiger partial charge < -0.3 is 10.2 Å². The largest absolute Gasteiger partial charge is 0.383 e. The topological polar surface area (TPSA) is 68.1 Å². The minimum absolute atomic E-state index is 0.336. The number of hydrogen-bond acceptors (Lipinski definition) is 6. The van der Waals surface area contributed by atoms with E-state index < -0.39 is 0 Å². The molecule has 1 aliphatic rings. The van der Waals surface area contributed by atoms with E-state index >= 15 is 0 Å². The van der Waals surface area contributed by atoms with Crippen LogP contribution in [-0.2, 0) is 0 Å². The van der Waals surface area contributed by atoms with Crippen LogP contribution in [0.3, 0.4) is 0 Å². The molecule has 0 radical (unpaired) electrons. The third-order valence-corrected chi connectivity index (χ3v) is 4.27. The highest BCUT2D eigenvalue weighted by Gasteiger charge is 2.18. The number of nitrogens with zero attached hydrogens (tertiary/aromatic N) is 5. The summed E-state index contributed by atoms with van der Waals surface area (Å²) in [7, 11) is 0. The second-order valence-corrected chi connectivity index (χ2v) is 5.96. The summed E-state index contributed by atoms with van der Waals surface area (Å²) < 4.78 is 13.8. The van der Waals surface area contributed by atoms with Crippen molar-refractivity contribution in [3.05, 3.63) is 48.0 Å². The Morgan fingerprint density at radius 3 is 2.60 bits per heavy atom. The average Bonchev–Trinajstić information content (AvgIpc) is 2.67. The van der Waals surface area contributed by atoms with Gasteiger partial charge in [-0.25, -0.2) is 14.4 Å². The third kappa shape index (κ3) is 4.64. The summed E-state index contributed by atoms with van der Waals surface area (Å²) in [5.74, 6) is 0.413. The van der Waals surface area contributed by atoms with Crippen LogP contribution in [-0.4, -0.2) is 54.1 Å². The quantitative estimate of drug-likeness (QED) is 0.813. The van der Waals surface area contributed by atoms with Crippen molar-refractivity contribution in [1.82, 2.24) is 14.9 Å². The number of nitrogens with one attached hydrogen (secondary N) is 1. The van der Waals surface area contributed by atoms with Gasteiger partial charge in [0, 0.05) is 45.1 Å². The number of nitriles is 1. The predicted molar refractivity (Wildman–Crippen MR) is 94.9 cm³/mol. The van der Waals surface area contributed by atoms with E-state index in [0.29, 0.717) is 17.8 Å². The van der Waals surface area contributed by atoms with Gasteiger partial charge in [-0.15, -0.1) is 0 Å². The van der Waals surface area contributed by atoms with E-state index in [2.05, 4.69) is 25.1 Å². The summed E-state index contributed by atoms with van der Waals surface area (Å²) in [6.07, 6.45) is 4.46. The Hall–Kier alpha value is -2.72. The van der Waals surface area contributed by atoms with Crippen molar-refractivity contribution in [2.75, 3.05) is 49.5 Å². The first-order valence-corrected chi connectivity index (χ1v) is 8.44. The molecule has 2 heterocycles. The molecule has 0 unspecified atom stereocenters. The number of rotatable bonds is 6. The van der Waals surface area contributed by atoms with Crippen molar-refractivity contribution in [1.29, 1.82) is 5.26 Å². The molecule has 1 aliphatic heterocycles. The molecule has 0 bridgehead atoms. The fourth-order valence-corrected chi connectivity index (χ4v) is 2.88. The van der Waals surface area contributed by atoms with Crippen LogP contribution in [0, 0.1) is 17.1 Å². The zero-order valence-corrected chi connectivity index (χ0v) is 14.0. The van der Waals surface area contributed by atoms with Crippen molar-refractivity contribution in [2.45, 2.75) is 6.42 Å². The summed E-state index contributed by atoms with van der Waals surface area (Å²) in [6.45, 7) is 5.45. The van der Waals surface area contributed by atoms with Crippen molar-refractivity contribution < 1.29 is 4.39 Å². The monoisotopic (exact) mass is 340 g/mol. The van der Waals surface area contributed by atoms with Crippen LogP contribution < -0.4 is 10.2 Å². The zero-order valence-electron chi connectivity index (χ0n) is 14.0. The molecule has 1 fully saturated rings. The summed E-state index contributed by atoms with van der Waals surface area (Å²) >= 11 is 0. The SMILES string of the molecule is N#Cc1ccc(NCCCN2CCN(c3ncccn3)CC2)c(F)c1. The molecule has 2 aromatic rings. The summed E-state index contributed by atoms with van der Waals surface area (Å²) in [6, 6.07) is 8.25. The van der Waals surface area contributed by atoms with E-state index in [4.69, 9.17) is 5.26 Å². The standard InChI is InChI=1S/C18H21FN6/c19-16-13-15(14-20)3-4-17(16)21-7-2-8-24-9-11-25(12-10-24)18-22-5-1-6-23-18/h1,3-6,13,21H,2,7-12H2. The van der Waals surface area contributed by atoms with Crippen LogP contribution in [0.2, 0.25) is 0 Å². The Balaban J connectivity index is 1.37. The van der Waals surface area contributed by atoms with Crippen LogP contribution in [0.1, 0.15) is 12.0 Å². The van der Waals surface area contributed by atoms with E-state index in [1.807, 2.05) is 12.1 Å². The van der Waals surface area contributed by atoms with E-state index in [9.17, 15) is 4.39 Å². The average molecular weight is 340 g/mol. The molecular formula is C18H21FN6. The molecule has 0 atom stereocenters. The highest BCUT2D eigenvalue weighted by Crippen LogP contribution is 2.15. The molecule has 3 rings (SSSR count).